The fourth-order valence-electron chi connectivity index (χ4n) is 2.15. The van der Waals surface area contributed by atoms with Gasteiger partial charge in [0, 0.05) is 19.0 Å². The van der Waals surface area contributed by atoms with E-state index in [4.69, 9.17) is 10.5 Å². The summed E-state index contributed by atoms with van der Waals surface area (Å²) < 4.78 is 5.40. The van der Waals surface area contributed by atoms with Crippen molar-refractivity contribution in [3.05, 3.63) is 28.8 Å². The number of methoxy groups -OCH3 is 1. The molecule has 4 nitrogen and oxygen atoms in total. The average molecular weight is 264 g/mol. The first-order valence-electron chi connectivity index (χ1n) is 6.60. The van der Waals surface area contributed by atoms with Gasteiger partial charge in [0.2, 0.25) is 5.91 Å². The number of hydrogen-bond acceptors (Lipinski definition) is 3. The van der Waals surface area contributed by atoms with E-state index in [-0.39, 0.29) is 11.9 Å². The Hall–Kier alpha value is -1.55. The minimum Gasteiger partial charge on any atom is -0.496 e. The highest BCUT2D eigenvalue weighted by Gasteiger charge is 2.09. The zero-order chi connectivity index (χ0) is 14.4. The van der Waals surface area contributed by atoms with Crippen LogP contribution in [0.15, 0.2) is 12.1 Å². The molecule has 0 spiro atoms. The van der Waals surface area contributed by atoms with Crippen molar-refractivity contribution < 1.29 is 9.53 Å². The smallest absolute Gasteiger partial charge is 0.221 e. The standard InChI is InChI=1S/C15H24N2O2/c1-10-7-11(2)13(14(8-10)19-4)5-6-17-15(18)9-12(3)16/h7-8,12H,5-6,9,16H2,1-4H3,(H,17,18). The first-order chi connectivity index (χ1) is 8.93. The van der Waals surface area contributed by atoms with Crippen LogP contribution in [0.3, 0.4) is 0 Å². The van der Waals surface area contributed by atoms with E-state index in [1.165, 1.54) is 11.1 Å². The lowest BCUT2D eigenvalue weighted by Gasteiger charge is -2.14. The topological polar surface area (TPSA) is 64.3 Å². The lowest BCUT2D eigenvalue weighted by atomic mass is 10.0. The fourth-order valence-corrected chi connectivity index (χ4v) is 2.15. The first kappa shape index (κ1) is 15.5. The van der Waals surface area contributed by atoms with Crippen molar-refractivity contribution in [3.8, 4) is 5.75 Å². The molecule has 1 amide bonds. The van der Waals surface area contributed by atoms with Gasteiger partial charge in [-0.3, -0.25) is 4.79 Å². The van der Waals surface area contributed by atoms with Crippen molar-refractivity contribution in [2.24, 2.45) is 5.73 Å². The summed E-state index contributed by atoms with van der Waals surface area (Å²) >= 11 is 0. The molecule has 1 aromatic carbocycles. The molecule has 0 aliphatic heterocycles. The van der Waals surface area contributed by atoms with E-state index in [0.29, 0.717) is 13.0 Å². The summed E-state index contributed by atoms with van der Waals surface area (Å²) in [4.78, 5) is 11.5. The van der Waals surface area contributed by atoms with Crippen LogP contribution >= 0.6 is 0 Å². The molecule has 0 radical (unpaired) electrons. The molecular formula is C15H24N2O2. The second-order valence-corrected chi connectivity index (χ2v) is 5.04. The summed E-state index contributed by atoms with van der Waals surface area (Å²) in [5.74, 6) is 0.887. The minimum atomic E-state index is -0.101. The Balaban J connectivity index is 2.60. The van der Waals surface area contributed by atoms with E-state index >= 15 is 0 Å². The van der Waals surface area contributed by atoms with Gasteiger partial charge in [-0.2, -0.15) is 0 Å². The molecule has 1 aromatic rings. The molecule has 0 heterocycles. The quantitative estimate of drug-likeness (QED) is 0.822. The summed E-state index contributed by atoms with van der Waals surface area (Å²) in [5.41, 5.74) is 9.10. The third-order valence-electron chi connectivity index (χ3n) is 3.00. The van der Waals surface area contributed by atoms with Crippen molar-refractivity contribution >= 4 is 5.91 Å². The Bertz CT molecular complexity index is 442. The molecule has 0 bridgehead atoms. The summed E-state index contributed by atoms with van der Waals surface area (Å²) in [6.45, 7) is 6.54. The van der Waals surface area contributed by atoms with E-state index in [0.717, 1.165) is 17.7 Å². The Morgan fingerprint density at radius 3 is 2.68 bits per heavy atom. The predicted molar refractivity (Wildman–Crippen MR) is 77.4 cm³/mol. The summed E-state index contributed by atoms with van der Waals surface area (Å²) in [6.07, 6.45) is 1.13. The largest absolute Gasteiger partial charge is 0.496 e. The molecule has 1 rings (SSSR count). The van der Waals surface area contributed by atoms with Crippen LogP contribution in [0.5, 0.6) is 5.75 Å². The number of hydrogen-bond donors (Lipinski definition) is 2. The van der Waals surface area contributed by atoms with Crippen LogP contribution in [0.2, 0.25) is 0 Å². The SMILES string of the molecule is COc1cc(C)cc(C)c1CCNC(=O)CC(C)N. The summed E-state index contributed by atoms with van der Waals surface area (Å²) in [6, 6.07) is 4.05. The molecule has 19 heavy (non-hydrogen) atoms. The van der Waals surface area contributed by atoms with Crippen LogP contribution in [-0.4, -0.2) is 25.6 Å². The normalized spacial score (nSPS) is 12.1. The van der Waals surface area contributed by atoms with Crippen LogP contribution in [-0.2, 0) is 11.2 Å². The lowest BCUT2D eigenvalue weighted by molar-refractivity contribution is -0.121. The molecule has 106 valence electrons. The lowest BCUT2D eigenvalue weighted by Crippen LogP contribution is -2.31. The number of nitrogens with two attached hydrogens (primary N) is 1. The zero-order valence-corrected chi connectivity index (χ0v) is 12.2. The zero-order valence-electron chi connectivity index (χ0n) is 12.2. The Morgan fingerprint density at radius 2 is 2.11 bits per heavy atom. The third-order valence-corrected chi connectivity index (χ3v) is 3.00. The molecule has 1 unspecified atom stereocenters. The molecule has 0 fully saturated rings. The van der Waals surface area contributed by atoms with Crippen LogP contribution in [0.25, 0.3) is 0 Å². The van der Waals surface area contributed by atoms with Gasteiger partial charge in [-0.05, 0) is 49.9 Å². The molecule has 4 heteroatoms. The highest BCUT2D eigenvalue weighted by Crippen LogP contribution is 2.24. The van der Waals surface area contributed by atoms with Crippen molar-refractivity contribution in [3.63, 3.8) is 0 Å². The van der Waals surface area contributed by atoms with Gasteiger partial charge in [0.1, 0.15) is 5.75 Å². The maximum absolute atomic E-state index is 11.5. The van der Waals surface area contributed by atoms with Crippen LogP contribution in [0.1, 0.15) is 30.0 Å². The highest BCUT2D eigenvalue weighted by molar-refractivity contribution is 5.76. The third kappa shape index (κ3) is 4.91. The number of benzene rings is 1. The maximum Gasteiger partial charge on any atom is 0.221 e. The fraction of sp³-hybridized carbons (Fsp3) is 0.533. The van der Waals surface area contributed by atoms with Crippen LogP contribution < -0.4 is 15.8 Å². The van der Waals surface area contributed by atoms with Crippen LogP contribution in [0, 0.1) is 13.8 Å². The molecule has 0 aliphatic rings. The minimum absolute atomic E-state index is 0.00117. The number of ether oxygens (including phenoxy) is 1. The molecule has 0 aromatic heterocycles. The van der Waals surface area contributed by atoms with E-state index in [1.54, 1.807) is 7.11 Å². The van der Waals surface area contributed by atoms with Gasteiger partial charge in [-0.1, -0.05) is 6.07 Å². The number of carbonyl (C=O) groups excluding carboxylic acids is 1. The van der Waals surface area contributed by atoms with Crippen LogP contribution in [0.4, 0.5) is 0 Å². The molecule has 3 N–H and O–H groups in total. The number of amides is 1. The monoisotopic (exact) mass is 264 g/mol. The molecule has 0 saturated carbocycles. The van der Waals surface area contributed by atoms with Crippen molar-refractivity contribution in [1.82, 2.24) is 5.32 Å². The van der Waals surface area contributed by atoms with E-state index in [9.17, 15) is 4.79 Å². The average Bonchev–Trinajstić information content (AvgIpc) is 2.30. The number of nitrogens with one attached hydrogen (secondary N) is 1. The van der Waals surface area contributed by atoms with Gasteiger partial charge in [-0.15, -0.1) is 0 Å². The van der Waals surface area contributed by atoms with E-state index in [1.807, 2.05) is 19.9 Å². The van der Waals surface area contributed by atoms with Crippen molar-refractivity contribution in [2.75, 3.05) is 13.7 Å². The van der Waals surface area contributed by atoms with Gasteiger partial charge in [0.15, 0.2) is 0 Å². The van der Waals surface area contributed by atoms with Crippen molar-refractivity contribution in [2.45, 2.75) is 39.7 Å². The molecule has 0 aliphatic carbocycles. The predicted octanol–water partition coefficient (Wildman–Crippen LogP) is 1.71. The summed E-state index contributed by atoms with van der Waals surface area (Å²) in [7, 11) is 1.67. The van der Waals surface area contributed by atoms with Gasteiger partial charge in [0.25, 0.3) is 0 Å². The van der Waals surface area contributed by atoms with Crippen molar-refractivity contribution in [1.29, 1.82) is 0 Å². The number of carbonyl (C=O) groups is 1. The van der Waals surface area contributed by atoms with E-state index in [2.05, 4.69) is 18.3 Å². The Labute approximate surface area is 115 Å². The number of rotatable bonds is 6. The Kier molecular flexibility index (Phi) is 5.83. The second kappa shape index (κ2) is 7.14. The van der Waals surface area contributed by atoms with Gasteiger partial charge < -0.3 is 15.8 Å². The Morgan fingerprint density at radius 1 is 1.42 bits per heavy atom. The van der Waals surface area contributed by atoms with Gasteiger partial charge in [0.05, 0.1) is 7.11 Å². The second-order valence-electron chi connectivity index (χ2n) is 5.04. The van der Waals surface area contributed by atoms with Gasteiger partial charge >= 0.3 is 0 Å². The molecule has 1 atom stereocenters. The maximum atomic E-state index is 11.5. The summed E-state index contributed by atoms with van der Waals surface area (Å²) in [5, 5.41) is 2.88. The van der Waals surface area contributed by atoms with E-state index < -0.39 is 0 Å². The first-order valence-corrected chi connectivity index (χ1v) is 6.60. The number of aryl methyl sites for hydroxylation is 2. The van der Waals surface area contributed by atoms with Gasteiger partial charge in [-0.25, -0.2) is 0 Å². The molecular weight excluding hydrogens is 240 g/mol. The highest BCUT2D eigenvalue weighted by atomic mass is 16.5. The molecule has 0 saturated heterocycles.